The molecule has 0 fully saturated rings. The summed E-state index contributed by atoms with van der Waals surface area (Å²) in [4.78, 5) is 11.9. The Labute approximate surface area is 142 Å². The summed E-state index contributed by atoms with van der Waals surface area (Å²) in [6, 6.07) is 1.99. The molecule has 0 atom stereocenters. The highest BCUT2D eigenvalue weighted by molar-refractivity contribution is 9.10. The first-order valence-corrected chi connectivity index (χ1v) is 8.63. The van der Waals surface area contributed by atoms with Gasteiger partial charge in [0.15, 0.2) is 5.82 Å². The molecule has 124 valence electrons. The third kappa shape index (κ3) is 7.19. The molecule has 0 aliphatic carbocycles. The van der Waals surface area contributed by atoms with Crippen molar-refractivity contribution in [2.45, 2.75) is 12.3 Å². The molecule has 0 radical (unpaired) electrons. The van der Waals surface area contributed by atoms with E-state index in [9.17, 15) is 10.1 Å². The van der Waals surface area contributed by atoms with E-state index < -0.39 is 4.92 Å². The summed E-state index contributed by atoms with van der Waals surface area (Å²) in [5, 5.41) is 16.1. The Hall–Kier alpha value is -1.19. The number of hydrogen-bond donors (Lipinski definition) is 2. The van der Waals surface area contributed by atoms with Crippen LogP contribution in [-0.2, 0) is 12.3 Å². The summed E-state index contributed by atoms with van der Waals surface area (Å²) in [6.07, 6.45) is 0.918. The van der Waals surface area contributed by atoms with E-state index >= 15 is 0 Å². The number of halogens is 1. The van der Waals surface area contributed by atoms with Gasteiger partial charge in [0.1, 0.15) is 11.5 Å². The first kappa shape index (κ1) is 18.9. The van der Waals surface area contributed by atoms with Crippen LogP contribution in [0.3, 0.4) is 0 Å². The predicted octanol–water partition coefficient (Wildman–Crippen LogP) is 2.22. The lowest BCUT2D eigenvalue weighted by Gasteiger charge is -2.07. The molecule has 0 saturated carbocycles. The fraction of sp³-hybridized carbons (Fsp3) is 0.538. The van der Waals surface area contributed by atoms with Gasteiger partial charge in [-0.2, -0.15) is 11.8 Å². The predicted molar refractivity (Wildman–Crippen MR) is 92.1 cm³/mol. The van der Waals surface area contributed by atoms with Gasteiger partial charge in [-0.05, 0) is 36.1 Å². The first-order valence-electron chi connectivity index (χ1n) is 6.69. The van der Waals surface area contributed by atoms with Crippen molar-refractivity contribution in [1.82, 2.24) is 15.5 Å². The summed E-state index contributed by atoms with van der Waals surface area (Å²) in [5.74, 6) is 3.83. The zero-order valence-corrected chi connectivity index (χ0v) is 15.3. The minimum Gasteiger partial charge on any atom is -0.463 e. The first-order chi connectivity index (χ1) is 10.4. The van der Waals surface area contributed by atoms with Crippen LogP contribution >= 0.6 is 27.7 Å². The molecule has 1 heterocycles. The zero-order chi connectivity index (χ0) is 16.5. The molecule has 0 unspecified atom stereocenters. The van der Waals surface area contributed by atoms with E-state index in [1.165, 1.54) is 0 Å². The van der Waals surface area contributed by atoms with Gasteiger partial charge in [-0.15, -0.1) is 0 Å². The number of nitrogens with zero attached hydrogens (tertiary/aromatic N) is 2. The summed E-state index contributed by atoms with van der Waals surface area (Å²) in [6.45, 7) is 1.39. The Kier molecular flexibility index (Phi) is 8.36. The SMILES string of the molecule is CNC(=C[N+](=O)[O-])NCCSCc1cc(Br)c(CN(C)C)o1. The van der Waals surface area contributed by atoms with Crippen LogP contribution < -0.4 is 10.6 Å². The third-order valence-corrected chi connectivity index (χ3v) is 4.23. The Morgan fingerprint density at radius 2 is 2.32 bits per heavy atom. The molecule has 0 amide bonds. The van der Waals surface area contributed by atoms with Crippen molar-refractivity contribution in [3.05, 3.63) is 44.2 Å². The second-order valence-electron chi connectivity index (χ2n) is 4.78. The van der Waals surface area contributed by atoms with Gasteiger partial charge in [-0.3, -0.25) is 10.1 Å². The lowest BCUT2D eigenvalue weighted by Crippen LogP contribution is -2.26. The molecule has 0 saturated heterocycles. The molecule has 1 aromatic rings. The van der Waals surface area contributed by atoms with E-state index in [1.807, 2.05) is 25.1 Å². The molecular formula is C13H21BrN4O3S. The van der Waals surface area contributed by atoms with Gasteiger partial charge < -0.3 is 20.0 Å². The van der Waals surface area contributed by atoms with E-state index in [-0.39, 0.29) is 0 Å². The molecule has 9 heteroatoms. The lowest BCUT2D eigenvalue weighted by atomic mass is 10.4. The van der Waals surface area contributed by atoms with Crippen LogP contribution in [0.4, 0.5) is 0 Å². The van der Waals surface area contributed by atoms with Gasteiger partial charge in [0.05, 0.1) is 21.7 Å². The Morgan fingerprint density at radius 1 is 1.59 bits per heavy atom. The molecule has 0 spiro atoms. The maximum absolute atomic E-state index is 10.4. The number of furan rings is 1. The highest BCUT2D eigenvalue weighted by atomic mass is 79.9. The van der Waals surface area contributed by atoms with E-state index in [4.69, 9.17) is 4.42 Å². The topological polar surface area (TPSA) is 83.6 Å². The normalized spacial score (nSPS) is 11.8. The highest BCUT2D eigenvalue weighted by Gasteiger charge is 2.09. The van der Waals surface area contributed by atoms with Crippen LogP contribution in [0.25, 0.3) is 0 Å². The minimum absolute atomic E-state index is 0.402. The van der Waals surface area contributed by atoms with Crippen LogP contribution in [0, 0.1) is 10.1 Å². The van der Waals surface area contributed by atoms with Gasteiger partial charge in [0, 0.05) is 19.3 Å². The van der Waals surface area contributed by atoms with Crippen LogP contribution in [-0.4, -0.2) is 43.3 Å². The second-order valence-corrected chi connectivity index (χ2v) is 6.74. The van der Waals surface area contributed by atoms with Crippen molar-refractivity contribution in [1.29, 1.82) is 0 Å². The minimum atomic E-state index is -0.487. The van der Waals surface area contributed by atoms with Crippen molar-refractivity contribution >= 4 is 27.7 Å². The number of thioether (sulfide) groups is 1. The molecule has 1 rings (SSSR count). The molecule has 0 aliphatic rings. The summed E-state index contributed by atoms with van der Waals surface area (Å²) in [7, 11) is 5.63. The van der Waals surface area contributed by atoms with Crippen molar-refractivity contribution in [3.8, 4) is 0 Å². The molecule has 2 N–H and O–H groups in total. The van der Waals surface area contributed by atoms with Gasteiger partial charge in [0.25, 0.3) is 6.20 Å². The number of nitrogens with one attached hydrogen (secondary N) is 2. The third-order valence-electron chi connectivity index (χ3n) is 2.58. The monoisotopic (exact) mass is 392 g/mol. The summed E-state index contributed by atoms with van der Waals surface area (Å²) < 4.78 is 6.77. The summed E-state index contributed by atoms with van der Waals surface area (Å²) >= 11 is 5.20. The van der Waals surface area contributed by atoms with E-state index in [0.717, 1.165) is 40.2 Å². The Bertz CT molecular complexity index is 519. The average molecular weight is 393 g/mol. The quantitative estimate of drug-likeness (QED) is 0.358. The van der Waals surface area contributed by atoms with Crippen LogP contribution in [0.1, 0.15) is 11.5 Å². The Balaban J connectivity index is 2.31. The van der Waals surface area contributed by atoms with E-state index in [2.05, 4.69) is 26.6 Å². The van der Waals surface area contributed by atoms with Crippen LogP contribution in [0.15, 0.2) is 27.0 Å². The fourth-order valence-corrected chi connectivity index (χ4v) is 2.85. The maximum Gasteiger partial charge on any atom is 0.274 e. The largest absolute Gasteiger partial charge is 0.463 e. The van der Waals surface area contributed by atoms with Crippen LogP contribution in [0.5, 0.6) is 0 Å². The van der Waals surface area contributed by atoms with Crippen molar-refractivity contribution in [2.24, 2.45) is 0 Å². The van der Waals surface area contributed by atoms with Gasteiger partial charge in [-0.25, -0.2) is 0 Å². The van der Waals surface area contributed by atoms with E-state index in [0.29, 0.717) is 12.4 Å². The molecule has 0 aliphatic heterocycles. The van der Waals surface area contributed by atoms with Gasteiger partial charge in [-0.1, -0.05) is 0 Å². The second kappa shape index (κ2) is 9.75. The smallest absolute Gasteiger partial charge is 0.274 e. The maximum atomic E-state index is 10.4. The van der Waals surface area contributed by atoms with Crippen molar-refractivity contribution in [2.75, 3.05) is 33.4 Å². The molecule has 22 heavy (non-hydrogen) atoms. The lowest BCUT2D eigenvalue weighted by molar-refractivity contribution is -0.404. The standard InChI is InChI=1S/C13H21BrN4O3S/c1-15-13(8-18(19)20)16-4-5-22-9-10-6-11(14)12(21-10)7-17(2)3/h6,8,15-16H,4-5,7,9H2,1-3H3. The van der Waals surface area contributed by atoms with E-state index in [1.54, 1.807) is 18.8 Å². The molecule has 0 aromatic carbocycles. The molecule has 0 bridgehead atoms. The number of nitro groups is 1. The van der Waals surface area contributed by atoms with Gasteiger partial charge >= 0.3 is 0 Å². The fourth-order valence-electron chi connectivity index (χ4n) is 1.66. The highest BCUT2D eigenvalue weighted by Crippen LogP contribution is 2.25. The van der Waals surface area contributed by atoms with Crippen LogP contribution in [0.2, 0.25) is 0 Å². The number of hydrogen-bond acceptors (Lipinski definition) is 7. The zero-order valence-electron chi connectivity index (χ0n) is 12.9. The molecule has 1 aromatic heterocycles. The van der Waals surface area contributed by atoms with Crippen molar-refractivity contribution < 1.29 is 9.34 Å². The van der Waals surface area contributed by atoms with Crippen molar-refractivity contribution in [3.63, 3.8) is 0 Å². The Morgan fingerprint density at radius 3 is 2.91 bits per heavy atom. The molecular weight excluding hydrogens is 372 g/mol. The average Bonchev–Trinajstić information content (AvgIpc) is 2.76. The van der Waals surface area contributed by atoms with Gasteiger partial charge in [0.2, 0.25) is 0 Å². The molecule has 7 nitrogen and oxygen atoms in total. The number of rotatable bonds is 10. The summed E-state index contributed by atoms with van der Waals surface area (Å²) in [5.41, 5.74) is 0.